The van der Waals surface area contributed by atoms with Gasteiger partial charge in [-0.1, -0.05) is 72.3 Å². The summed E-state index contributed by atoms with van der Waals surface area (Å²) < 4.78 is 2.46. The van der Waals surface area contributed by atoms with Crippen molar-refractivity contribution in [3.05, 3.63) is 107 Å². The quantitative estimate of drug-likeness (QED) is 0.373. The Morgan fingerprint density at radius 3 is 2.46 bits per heavy atom. The summed E-state index contributed by atoms with van der Waals surface area (Å²) in [4.78, 5) is 15.3. The minimum Gasteiger partial charge on any atom is -0.352 e. The summed E-state index contributed by atoms with van der Waals surface area (Å²) >= 11 is 0. The fourth-order valence-corrected chi connectivity index (χ4v) is 5.30. The second kappa shape index (κ2) is 10.5. The van der Waals surface area contributed by atoms with Crippen molar-refractivity contribution >= 4 is 16.8 Å². The van der Waals surface area contributed by atoms with Crippen LogP contribution in [0, 0.1) is 19.8 Å². The topological polar surface area (TPSA) is 37.3 Å². The van der Waals surface area contributed by atoms with Crippen LogP contribution >= 0.6 is 0 Å². The van der Waals surface area contributed by atoms with E-state index >= 15 is 0 Å². The van der Waals surface area contributed by atoms with E-state index in [0.29, 0.717) is 6.54 Å². The van der Waals surface area contributed by atoms with E-state index in [4.69, 9.17) is 0 Å². The van der Waals surface area contributed by atoms with Crippen LogP contribution in [0.4, 0.5) is 0 Å². The number of carbonyl (C=O) groups excluding carboxylic acids is 1. The predicted molar refractivity (Wildman–Crippen MR) is 143 cm³/mol. The number of amides is 1. The Bertz CT molecular complexity index is 1310. The van der Waals surface area contributed by atoms with Gasteiger partial charge in [0.1, 0.15) is 0 Å². The first-order valence-electron chi connectivity index (χ1n) is 12.7. The third kappa shape index (κ3) is 5.49. The van der Waals surface area contributed by atoms with Gasteiger partial charge in [-0.3, -0.25) is 9.69 Å². The second-order valence-corrected chi connectivity index (χ2v) is 9.96. The second-order valence-electron chi connectivity index (χ2n) is 9.96. The molecule has 4 nitrogen and oxygen atoms in total. The van der Waals surface area contributed by atoms with Crippen LogP contribution in [-0.2, 0) is 24.4 Å². The highest BCUT2D eigenvalue weighted by Crippen LogP contribution is 2.25. The molecule has 0 unspecified atom stereocenters. The van der Waals surface area contributed by atoms with E-state index < -0.39 is 0 Å². The maximum Gasteiger partial charge on any atom is 0.223 e. The Labute approximate surface area is 208 Å². The molecule has 0 spiro atoms. The largest absolute Gasteiger partial charge is 0.352 e. The Morgan fingerprint density at radius 1 is 0.886 bits per heavy atom. The van der Waals surface area contributed by atoms with Crippen LogP contribution in [0.1, 0.15) is 40.8 Å². The van der Waals surface area contributed by atoms with Crippen LogP contribution in [0.5, 0.6) is 0 Å². The lowest BCUT2D eigenvalue weighted by molar-refractivity contribution is -0.126. The number of piperidine rings is 1. The SMILES string of the molecule is Cc1cccc(Cn2c(CN3CCC(C(=O)NCc4ccccc4C)CC3)cc3ccccc32)c1. The molecule has 0 saturated carbocycles. The third-order valence-corrected chi connectivity index (χ3v) is 7.38. The Hall–Kier alpha value is -3.37. The monoisotopic (exact) mass is 465 g/mol. The molecule has 35 heavy (non-hydrogen) atoms. The molecule has 180 valence electrons. The van der Waals surface area contributed by atoms with E-state index in [1.54, 1.807) is 0 Å². The van der Waals surface area contributed by atoms with Gasteiger partial charge in [0, 0.05) is 36.8 Å². The zero-order valence-corrected chi connectivity index (χ0v) is 20.8. The number of nitrogens with one attached hydrogen (secondary N) is 1. The molecule has 2 heterocycles. The molecule has 1 aliphatic heterocycles. The van der Waals surface area contributed by atoms with E-state index in [-0.39, 0.29) is 11.8 Å². The molecule has 1 amide bonds. The molecule has 0 aliphatic carbocycles. The van der Waals surface area contributed by atoms with Crippen molar-refractivity contribution in [2.75, 3.05) is 13.1 Å². The van der Waals surface area contributed by atoms with E-state index in [9.17, 15) is 4.79 Å². The lowest BCUT2D eigenvalue weighted by Gasteiger charge is -2.31. The molecular weight excluding hydrogens is 430 g/mol. The fraction of sp³-hybridized carbons (Fsp3) is 0.323. The van der Waals surface area contributed by atoms with Crippen molar-refractivity contribution in [2.24, 2.45) is 5.92 Å². The smallest absolute Gasteiger partial charge is 0.223 e. The van der Waals surface area contributed by atoms with Crippen LogP contribution in [0.25, 0.3) is 10.9 Å². The molecule has 4 heteroatoms. The standard InChI is InChI=1S/C31H35N3O/c1-23-8-7-10-25(18-23)21-34-29(19-27-11-5-6-13-30(27)34)22-33-16-14-26(15-17-33)31(35)32-20-28-12-4-3-9-24(28)2/h3-13,18-19,26H,14-17,20-22H2,1-2H3,(H,32,35). The first-order valence-corrected chi connectivity index (χ1v) is 12.7. The number of likely N-dealkylation sites (tertiary alicyclic amines) is 1. The maximum absolute atomic E-state index is 12.8. The molecule has 0 atom stereocenters. The van der Waals surface area contributed by atoms with E-state index in [0.717, 1.165) is 39.0 Å². The van der Waals surface area contributed by atoms with Crippen LogP contribution in [0.15, 0.2) is 78.9 Å². The Kier molecular flexibility index (Phi) is 7.01. The zero-order chi connectivity index (χ0) is 24.2. The molecule has 1 fully saturated rings. The number of benzene rings is 3. The first kappa shape index (κ1) is 23.4. The van der Waals surface area contributed by atoms with Gasteiger partial charge >= 0.3 is 0 Å². The van der Waals surface area contributed by atoms with Gasteiger partial charge in [0.2, 0.25) is 5.91 Å². The van der Waals surface area contributed by atoms with E-state index in [1.807, 2.05) is 12.1 Å². The maximum atomic E-state index is 12.8. The van der Waals surface area contributed by atoms with Gasteiger partial charge in [-0.25, -0.2) is 0 Å². The minimum atomic E-state index is 0.105. The number of aromatic nitrogens is 1. The van der Waals surface area contributed by atoms with Gasteiger partial charge in [0.05, 0.1) is 0 Å². The molecular formula is C31H35N3O. The highest BCUT2D eigenvalue weighted by Gasteiger charge is 2.25. The lowest BCUT2D eigenvalue weighted by Crippen LogP contribution is -2.40. The van der Waals surface area contributed by atoms with Crippen molar-refractivity contribution in [3.63, 3.8) is 0 Å². The summed E-state index contributed by atoms with van der Waals surface area (Å²) in [7, 11) is 0. The molecule has 0 bridgehead atoms. The average molecular weight is 466 g/mol. The molecule has 0 radical (unpaired) electrons. The summed E-state index contributed by atoms with van der Waals surface area (Å²) in [6, 6.07) is 28.1. The zero-order valence-electron chi connectivity index (χ0n) is 20.8. The van der Waals surface area contributed by atoms with Gasteiger partial charge in [-0.2, -0.15) is 0 Å². The van der Waals surface area contributed by atoms with Gasteiger partial charge < -0.3 is 9.88 Å². The first-order chi connectivity index (χ1) is 17.1. The fourth-order valence-electron chi connectivity index (χ4n) is 5.30. The van der Waals surface area contributed by atoms with Crippen molar-refractivity contribution in [1.29, 1.82) is 0 Å². The number of rotatable bonds is 7. The molecule has 1 saturated heterocycles. The molecule has 1 aliphatic rings. The number of carbonyl (C=O) groups is 1. The van der Waals surface area contributed by atoms with Gasteiger partial charge in [0.15, 0.2) is 0 Å². The average Bonchev–Trinajstić information content (AvgIpc) is 3.20. The molecule has 3 aromatic carbocycles. The molecule has 4 aromatic rings. The van der Waals surface area contributed by atoms with E-state index in [1.165, 1.54) is 38.9 Å². The van der Waals surface area contributed by atoms with Crippen LogP contribution in [0.3, 0.4) is 0 Å². The Morgan fingerprint density at radius 2 is 1.66 bits per heavy atom. The minimum absolute atomic E-state index is 0.105. The summed E-state index contributed by atoms with van der Waals surface area (Å²) in [5.74, 6) is 0.301. The Balaban J connectivity index is 1.23. The number of hydrogen-bond donors (Lipinski definition) is 1. The normalized spacial score (nSPS) is 14.9. The summed E-state index contributed by atoms with van der Waals surface area (Å²) in [5.41, 5.74) is 7.67. The van der Waals surface area contributed by atoms with Gasteiger partial charge in [-0.15, -0.1) is 0 Å². The van der Waals surface area contributed by atoms with Crippen LogP contribution in [0.2, 0.25) is 0 Å². The highest BCUT2D eigenvalue weighted by atomic mass is 16.1. The van der Waals surface area contributed by atoms with E-state index in [2.05, 4.69) is 95.4 Å². The summed E-state index contributed by atoms with van der Waals surface area (Å²) in [6.07, 6.45) is 1.83. The number of aryl methyl sites for hydroxylation is 2. The number of nitrogens with zero attached hydrogens (tertiary/aromatic N) is 2. The van der Waals surface area contributed by atoms with Crippen molar-refractivity contribution < 1.29 is 4.79 Å². The van der Waals surface area contributed by atoms with Crippen LogP contribution in [-0.4, -0.2) is 28.5 Å². The highest BCUT2D eigenvalue weighted by molar-refractivity contribution is 5.81. The third-order valence-electron chi connectivity index (χ3n) is 7.38. The van der Waals surface area contributed by atoms with Gasteiger partial charge in [0.25, 0.3) is 0 Å². The predicted octanol–water partition coefficient (Wildman–Crippen LogP) is 5.83. The molecule has 1 aromatic heterocycles. The number of fused-ring (bicyclic) bond motifs is 1. The lowest BCUT2D eigenvalue weighted by atomic mass is 9.95. The van der Waals surface area contributed by atoms with Gasteiger partial charge in [-0.05, 0) is 74.0 Å². The van der Waals surface area contributed by atoms with Crippen molar-refractivity contribution in [2.45, 2.75) is 46.3 Å². The summed E-state index contributed by atoms with van der Waals surface area (Å²) in [6.45, 7) is 8.56. The van der Waals surface area contributed by atoms with Crippen molar-refractivity contribution in [3.8, 4) is 0 Å². The summed E-state index contributed by atoms with van der Waals surface area (Å²) in [5, 5.41) is 4.46. The molecule has 5 rings (SSSR count). The van der Waals surface area contributed by atoms with Crippen molar-refractivity contribution in [1.82, 2.24) is 14.8 Å². The number of para-hydroxylation sites is 1. The number of hydrogen-bond acceptors (Lipinski definition) is 2. The van der Waals surface area contributed by atoms with Crippen LogP contribution < -0.4 is 5.32 Å². The molecule has 1 N–H and O–H groups in total.